The molecule has 2 bridgehead atoms. The minimum atomic E-state index is -0.380. The van der Waals surface area contributed by atoms with Gasteiger partial charge in [0, 0.05) is 12.5 Å². The highest BCUT2D eigenvalue weighted by Crippen LogP contribution is 2.69. The molecular weight excluding hydrogens is 238 g/mol. The van der Waals surface area contributed by atoms with Crippen LogP contribution >= 0.6 is 0 Å². The van der Waals surface area contributed by atoms with Crippen LogP contribution in [0, 0.1) is 35.5 Å². The topological polar surface area (TPSA) is 49.3 Å². The molecule has 0 radical (unpaired) electrons. The minimum absolute atomic E-state index is 0.219. The molecule has 0 aliphatic heterocycles. The molecule has 1 amide bonds. The van der Waals surface area contributed by atoms with Crippen molar-refractivity contribution in [3.8, 4) is 0 Å². The van der Waals surface area contributed by atoms with Crippen LogP contribution in [0.4, 0.5) is 0 Å². The fourth-order valence-electron chi connectivity index (χ4n) is 5.00. The van der Waals surface area contributed by atoms with E-state index in [9.17, 15) is 9.90 Å². The summed E-state index contributed by atoms with van der Waals surface area (Å²) in [5.74, 6) is 3.91. The molecule has 19 heavy (non-hydrogen) atoms. The number of rotatable bonds is 6. The smallest absolute Gasteiger partial charge is 0.223 e. The molecule has 2 N–H and O–H groups in total. The first-order chi connectivity index (χ1) is 9.17. The molecule has 3 fully saturated rings. The van der Waals surface area contributed by atoms with Crippen LogP contribution in [0.1, 0.15) is 46.0 Å². The van der Waals surface area contributed by atoms with E-state index in [0.29, 0.717) is 30.2 Å². The maximum Gasteiger partial charge on any atom is 0.223 e. The lowest BCUT2D eigenvalue weighted by molar-refractivity contribution is -0.124. The normalized spacial score (nSPS) is 40.3. The summed E-state index contributed by atoms with van der Waals surface area (Å²) in [5, 5.41) is 13.1. The number of nitrogens with one attached hydrogen (secondary N) is 1. The van der Waals surface area contributed by atoms with Crippen molar-refractivity contribution in [1.82, 2.24) is 5.32 Å². The summed E-state index contributed by atoms with van der Waals surface area (Å²) in [4.78, 5) is 12.2. The Balaban J connectivity index is 1.46. The molecule has 3 saturated carbocycles. The first-order valence-electron chi connectivity index (χ1n) is 8.13. The van der Waals surface area contributed by atoms with E-state index in [-0.39, 0.29) is 12.0 Å². The Morgan fingerprint density at radius 2 is 1.79 bits per heavy atom. The van der Waals surface area contributed by atoms with E-state index in [2.05, 4.69) is 19.2 Å². The summed E-state index contributed by atoms with van der Waals surface area (Å²) in [6.07, 6.45) is 5.67. The Bertz CT molecular complexity index is 337. The van der Waals surface area contributed by atoms with Gasteiger partial charge in [0.05, 0.1) is 6.10 Å². The number of carbonyl (C=O) groups excluding carboxylic acids is 1. The van der Waals surface area contributed by atoms with Crippen LogP contribution < -0.4 is 5.32 Å². The number of amides is 1. The van der Waals surface area contributed by atoms with E-state index in [1.54, 1.807) is 0 Å². The summed E-state index contributed by atoms with van der Waals surface area (Å²) < 4.78 is 0. The Hall–Kier alpha value is -0.570. The van der Waals surface area contributed by atoms with Gasteiger partial charge in [0.2, 0.25) is 5.91 Å². The Morgan fingerprint density at radius 1 is 1.21 bits per heavy atom. The lowest BCUT2D eigenvalue weighted by atomic mass is 9.96. The van der Waals surface area contributed by atoms with Gasteiger partial charge in [-0.05, 0) is 48.9 Å². The summed E-state index contributed by atoms with van der Waals surface area (Å²) in [6, 6.07) is 0. The second kappa shape index (κ2) is 5.08. The lowest BCUT2D eigenvalue weighted by Gasteiger charge is -2.20. The fraction of sp³-hybridized carbons (Fsp3) is 0.938. The standard InChI is InChI=1S/C16H27NO2/c1-3-9(4-2)12(18)8-17-16(19)15-13-10-5-6-11(7-10)14(13)15/h9-15,18H,3-8H2,1-2H3,(H,17,19). The first-order valence-corrected chi connectivity index (χ1v) is 8.13. The van der Waals surface area contributed by atoms with Crippen LogP contribution in [0.25, 0.3) is 0 Å². The molecule has 0 aromatic carbocycles. The molecule has 5 atom stereocenters. The maximum absolute atomic E-state index is 12.2. The van der Waals surface area contributed by atoms with Gasteiger partial charge in [-0.25, -0.2) is 0 Å². The molecule has 3 heteroatoms. The van der Waals surface area contributed by atoms with Crippen molar-refractivity contribution >= 4 is 5.91 Å². The van der Waals surface area contributed by atoms with Crippen LogP contribution in [-0.4, -0.2) is 23.7 Å². The Labute approximate surface area is 116 Å². The van der Waals surface area contributed by atoms with Gasteiger partial charge in [-0.2, -0.15) is 0 Å². The number of aliphatic hydroxyl groups excluding tert-OH is 1. The van der Waals surface area contributed by atoms with Gasteiger partial charge in [-0.3, -0.25) is 4.79 Å². The van der Waals surface area contributed by atoms with Crippen LogP contribution in [0.15, 0.2) is 0 Å². The number of hydrogen-bond donors (Lipinski definition) is 2. The average Bonchev–Trinajstić information content (AvgIpc) is 2.86. The molecule has 108 valence electrons. The lowest BCUT2D eigenvalue weighted by Crippen LogP contribution is -2.37. The molecule has 0 aromatic heterocycles. The van der Waals surface area contributed by atoms with E-state index in [1.165, 1.54) is 19.3 Å². The summed E-state index contributed by atoms with van der Waals surface area (Å²) in [7, 11) is 0. The Morgan fingerprint density at radius 3 is 2.32 bits per heavy atom. The number of carbonyl (C=O) groups is 1. The largest absolute Gasteiger partial charge is 0.391 e. The SMILES string of the molecule is CCC(CC)C(O)CNC(=O)C1C2C3CCC(C3)C12. The van der Waals surface area contributed by atoms with Crippen molar-refractivity contribution < 1.29 is 9.90 Å². The summed E-state index contributed by atoms with van der Waals surface area (Å²) in [5.41, 5.74) is 0. The second-order valence-electron chi connectivity index (χ2n) is 6.90. The predicted molar refractivity (Wildman–Crippen MR) is 74.4 cm³/mol. The monoisotopic (exact) mass is 265 g/mol. The predicted octanol–water partition coefficient (Wildman–Crippen LogP) is 2.19. The van der Waals surface area contributed by atoms with Crippen molar-refractivity contribution in [3.63, 3.8) is 0 Å². The van der Waals surface area contributed by atoms with E-state index in [1.807, 2.05) is 0 Å². The van der Waals surface area contributed by atoms with Crippen molar-refractivity contribution in [2.75, 3.05) is 6.54 Å². The third-order valence-corrected chi connectivity index (χ3v) is 6.12. The van der Waals surface area contributed by atoms with Gasteiger partial charge in [-0.15, -0.1) is 0 Å². The quantitative estimate of drug-likeness (QED) is 0.773. The van der Waals surface area contributed by atoms with Crippen molar-refractivity contribution in [2.24, 2.45) is 35.5 Å². The fourth-order valence-corrected chi connectivity index (χ4v) is 5.00. The second-order valence-corrected chi connectivity index (χ2v) is 6.90. The molecule has 5 unspecified atom stereocenters. The van der Waals surface area contributed by atoms with Crippen molar-refractivity contribution in [3.05, 3.63) is 0 Å². The minimum Gasteiger partial charge on any atom is -0.391 e. The van der Waals surface area contributed by atoms with Crippen LogP contribution in [0.2, 0.25) is 0 Å². The molecule has 3 nitrogen and oxygen atoms in total. The van der Waals surface area contributed by atoms with Crippen LogP contribution in [-0.2, 0) is 4.79 Å². The molecule has 0 spiro atoms. The Kier molecular flexibility index (Phi) is 3.59. The molecule has 0 heterocycles. The van der Waals surface area contributed by atoms with Gasteiger partial charge >= 0.3 is 0 Å². The highest BCUT2D eigenvalue weighted by molar-refractivity contribution is 5.82. The van der Waals surface area contributed by atoms with Crippen LogP contribution in [0.3, 0.4) is 0 Å². The number of fused-ring (bicyclic) bond motifs is 5. The van der Waals surface area contributed by atoms with Gasteiger partial charge < -0.3 is 10.4 Å². The van der Waals surface area contributed by atoms with E-state index in [0.717, 1.165) is 24.7 Å². The van der Waals surface area contributed by atoms with E-state index in [4.69, 9.17) is 0 Å². The van der Waals surface area contributed by atoms with Crippen molar-refractivity contribution in [2.45, 2.75) is 52.1 Å². The first kappa shape index (κ1) is 13.4. The average molecular weight is 265 g/mol. The van der Waals surface area contributed by atoms with Gasteiger partial charge in [-0.1, -0.05) is 26.7 Å². The molecule has 3 aliphatic rings. The third kappa shape index (κ3) is 2.20. The number of hydrogen-bond acceptors (Lipinski definition) is 2. The van der Waals surface area contributed by atoms with Crippen LogP contribution in [0.5, 0.6) is 0 Å². The highest BCUT2D eigenvalue weighted by Gasteiger charge is 2.67. The zero-order valence-corrected chi connectivity index (χ0v) is 12.1. The van der Waals surface area contributed by atoms with Crippen molar-refractivity contribution in [1.29, 1.82) is 0 Å². The maximum atomic E-state index is 12.2. The highest BCUT2D eigenvalue weighted by atomic mass is 16.3. The molecule has 0 saturated heterocycles. The zero-order chi connectivity index (χ0) is 13.6. The summed E-state index contributed by atoms with van der Waals surface area (Å²) in [6.45, 7) is 4.64. The molecule has 3 aliphatic carbocycles. The summed E-state index contributed by atoms with van der Waals surface area (Å²) >= 11 is 0. The van der Waals surface area contributed by atoms with Gasteiger partial charge in [0.1, 0.15) is 0 Å². The molecular formula is C16H27NO2. The van der Waals surface area contributed by atoms with Gasteiger partial charge in [0.25, 0.3) is 0 Å². The third-order valence-electron chi connectivity index (χ3n) is 6.12. The molecule has 0 aromatic rings. The van der Waals surface area contributed by atoms with E-state index >= 15 is 0 Å². The zero-order valence-electron chi connectivity index (χ0n) is 12.1. The number of aliphatic hydroxyl groups is 1. The molecule has 3 rings (SSSR count). The van der Waals surface area contributed by atoms with E-state index < -0.39 is 0 Å². The van der Waals surface area contributed by atoms with Gasteiger partial charge in [0.15, 0.2) is 0 Å².